The lowest BCUT2D eigenvalue weighted by molar-refractivity contribution is -0.384. The number of nitro benzene ring substituents is 1. The van der Waals surface area contributed by atoms with Gasteiger partial charge in [-0.3, -0.25) is 10.1 Å². The molecule has 1 aliphatic rings. The smallest absolute Gasteiger partial charge is 0.269 e. The Labute approximate surface area is 129 Å². The SMILES string of the molecule is Cl.O=[N+]([O-])c1ccc(CS(=O)(=O)NC2CCNCC2)cc1. The largest absolute Gasteiger partial charge is 0.317 e. The molecular formula is C12H18ClN3O4S. The lowest BCUT2D eigenvalue weighted by atomic mass is 10.1. The lowest BCUT2D eigenvalue weighted by Gasteiger charge is -2.23. The number of nitro groups is 1. The van der Waals surface area contributed by atoms with Crippen LogP contribution in [0.25, 0.3) is 0 Å². The minimum absolute atomic E-state index is 0. The van der Waals surface area contributed by atoms with Crippen LogP contribution in [0, 0.1) is 10.1 Å². The first kappa shape index (κ1) is 17.8. The van der Waals surface area contributed by atoms with Crippen molar-refractivity contribution in [2.24, 2.45) is 0 Å². The Morgan fingerprint density at radius 2 is 1.81 bits per heavy atom. The average Bonchev–Trinajstić information content (AvgIpc) is 2.39. The third-order valence-corrected chi connectivity index (χ3v) is 4.60. The van der Waals surface area contributed by atoms with Crippen LogP contribution in [0.5, 0.6) is 0 Å². The van der Waals surface area contributed by atoms with Crippen LogP contribution in [-0.2, 0) is 15.8 Å². The molecule has 0 aliphatic carbocycles. The summed E-state index contributed by atoms with van der Waals surface area (Å²) < 4.78 is 26.7. The second kappa shape index (κ2) is 7.69. The van der Waals surface area contributed by atoms with E-state index in [-0.39, 0.29) is 29.9 Å². The van der Waals surface area contributed by atoms with Crippen LogP contribution in [-0.4, -0.2) is 32.5 Å². The van der Waals surface area contributed by atoms with E-state index in [0.29, 0.717) is 5.56 Å². The Morgan fingerprint density at radius 3 is 2.33 bits per heavy atom. The molecule has 2 N–H and O–H groups in total. The predicted molar refractivity (Wildman–Crippen MR) is 82.0 cm³/mol. The van der Waals surface area contributed by atoms with Gasteiger partial charge in [0.15, 0.2) is 0 Å². The Kier molecular flexibility index (Phi) is 6.53. The summed E-state index contributed by atoms with van der Waals surface area (Å²) in [5.41, 5.74) is 0.495. The second-order valence-corrected chi connectivity index (χ2v) is 6.58. The second-order valence-electron chi connectivity index (χ2n) is 4.82. The summed E-state index contributed by atoms with van der Waals surface area (Å²) >= 11 is 0. The van der Waals surface area contributed by atoms with Gasteiger partial charge in [0.2, 0.25) is 10.0 Å². The average molecular weight is 336 g/mol. The summed E-state index contributed by atoms with van der Waals surface area (Å²) in [5, 5.41) is 13.7. The molecule has 1 aromatic rings. The minimum atomic E-state index is -3.41. The number of hydrogen-bond donors (Lipinski definition) is 2. The highest BCUT2D eigenvalue weighted by Crippen LogP contribution is 2.14. The molecule has 0 spiro atoms. The minimum Gasteiger partial charge on any atom is -0.317 e. The molecule has 0 aromatic heterocycles. The normalized spacial score (nSPS) is 16.2. The number of halogens is 1. The molecule has 2 rings (SSSR count). The Hall–Kier alpha value is -1.22. The molecule has 0 saturated carbocycles. The molecule has 0 unspecified atom stereocenters. The van der Waals surface area contributed by atoms with Gasteiger partial charge >= 0.3 is 0 Å². The summed E-state index contributed by atoms with van der Waals surface area (Å²) in [6, 6.07) is 5.55. The topological polar surface area (TPSA) is 101 Å². The maximum Gasteiger partial charge on any atom is 0.269 e. The van der Waals surface area contributed by atoms with Gasteiger partial charge in [-0.15, -0.1) is 12.4 Å². The maximum absolute atomic E-state index is 12.0. The number of piperidine rings is 1. The van der Waals surface area contributed by atoms with Crippen LogP contribution >= 0.6 is 12.4 Å². The van der Waals surface area contributed by atoms with E-state index in [1.54, 1.807) is 0 Å². The van der Waals surface area contributed by atoms with E-state index in [9.17, 15) is 18.5 Å². The molecule has 21 heavy (non-hydrogen) atoms. The molecule has 0 bridgehead atoms. The monoisotopic (exact) mass is 335 g/mol. The van der Waals surface area contributed by atoms with Gasteiger partial charge in [0.25, 0.3) is 5.69 Å². The van der Waals surface area contributed by atoms with E-state index >= 15 is 0 Å². The van der Waals surface area contributed by atoms with E-state index in [0.717, 1.165) is 25.9 Å². The zero-order valence-corrected chi connectivity index (χ0v) is 13.0. The fraction of sp³-hybridized carbons (Fsp3) is 0.500. The van der Waals surface area contributed by atoms with E-state index in [4.69, 9.17) is 0 Å². The predicted octanol–water partition coefficient (Wildman–Crippen LogP) is 1.19. The number of benzene rings is 1. The standard InChI is InChI=1S/C12H17N3O4S.ClH/c16-15(17)12-3-1-10(2-4-12)9-20(18,19)14-11-5-7-13-8-6-11;/h1-4,11,13-14H,5-9H2;1H. The number of nitrogens with zero attached hydrogens (tertiary/aromatic N) is 1. The van der Waals surface area contributed by atoms with E-state index in [2.05, 4.69) is 10.0 Å². The molecule has 1 heterocycles. The highest BCUT2D eigenvalue weighted by molar-refractivity contribution is 7.88. The third-order valence-electron chi connectivity index (χ3n) is 3.19. The highest BCUT2D eigenvalue weighted by atomic mass is 35.5. The number of non-ortho nitro benzene ring substituents is 1. The summed E-state index contributed by atoms with van der Waals surface area (Å²) in [6.07, 6.45) is 1.55. The van der Waals surface area contributed by atoms with Crippen molar-refractivity contribution >= 4 is 28.1 Å². The number of nitrogens with one attached hydrogen (secondary N) is 2. The molecule has 0 radical (unpaired) electrons. The zero-order valence-electron chi connectivity index (χ0n) is 11.3. The molecule has 1 fully saturated rings. The molecule has 9 heteroatoms. The summed E-state index contributed by atoms with van der Waals surface area (Å²) in [6.45, 7) is 1.62. The Balaban J connectivity index is 0.00000220. The molecule has 7 nitrogen and oxygen atoms in total. The van der Waals surface area contributed by atoms with Gasteiger partial charge < -0.3 is 5.32 Å². The quantitative estimate of drug-likeness (QED) is 0.621. The van der Waals surface area contributed by atoms with Gasteiger partial charge in [-0.1, -0.05) is 12.1 Å². The summed E-state index contributed by atoms with van der Waals surface area (Å²) in [5.74, 6) is -0.158. The molecule has 118 valence electrons. The highest BCUT2D eigenvalue weighted by Gasteiger charge is 2.20. The molecule has 1 saturated heterocycles. The van der Waals surface area contributed by atoms with Crippen molar-refractivity contribution in [1.82, 2.24) is 10.0 Å². The third kappa shape index (κ3) is 5.58. The first-order valence-electron chi connectivity index (χ1n) is 6.40. The van der Waals surface area contributed by atoms with Crippen molar-refractivity contribution in [3.8, 4) is 0 Å². The first-order chi connectivity index (χ1) is 9.46. The molecular weight excluding hydrogens is 318 g/mol. The van der Waals surface area contributed by atoms with Crippen molar-refractivity contribution in [2.75, 3.05) is 13.1 Å². The number of rotatable bonds is 5. The fourth-order valence-corrected chi connectivity index (χ4v) is 3.63. The van der Waals surface area contributed by atoms with Crippen molar-refractivity contribution in [3.63, 3.8) is 0 Å². The van der Waals surface area contributed by atoms with Crippen LogP contribution in [0.2, 0.25) is 0 Å². The Morgan fingerprint density at radius 1 is 1.24 bits per heavy atom. The number of sulfonamides is 1. The summed E-state index contributed by atoms with van der Waals surface area (Å²) in [4.78, 5) is 10.0. The molecule has 0 atom stereocenters. The molecule has 0 amide bonds. The van der Waals surface area contributed by atoms with Gasteiger partial charge in [0.1, 0.15) is 0 Å². The van der Waals surface area contributed by atoms with Gasteiger partial charge in [0, 0.05) is 18.2 Å². The fourth-order valence-electron chi connectivity index (χ4n) is 2.17. The van der Waals surface area contributed by atoms with Crippen molar-refractivity contribution in [1.29, 1.82) is 0 Å². The van der Waals surface area contributed by atoms with Gasteiger partial charge in [0.05, 0.1) is 10.7 Å². The molecule has 1 aromatic carbocycles. The van der Waals surface area contributed by atoms with Gasteiger partial charge in [-0.2, -0.15) is 0 Å². The Bertz CT molecular complexity index is 571. The van der Waals surface area contributed by atoms with Crippen molar-refractivity contribution < 1.29 is 13.3 Å². The van der Waals surface area contributed by atoms with E-state index < -0.39 is 14.9 Å². The van der Waals surface area contributed by atoms with E-state index in [1.807, 2.05) is 0 Å². The van der Waals surface area contributed by atoms with Crippen LogP contribution in [0.1, 0.15) is 18.4 Å². The van der Waals surface area contributed by atoms with Crippen molar-refractivity contribution in [3.05, 3.63) is 39.9 Å². The van der Waals surface area contributed by atoms with Crippen LogP contribution in [0.4, 0.5) is 5.69 Å². The number of hydrogen-bond acceptors (Lipinski definition) is 5. The lowest BCUT2D eigenvalue weighted by Crippen LogP contribution is -2.43. The first-order valence-corrected chi connectivity index (χ1v) is 8.05. The molecule has 1 aliphatic heterocycles. The van der Waals surface area contributed by atoms with Crippen LogP contribution < -0.4 is 10.0 Å². The van der Waals surface area contributed by atoms with Crippen LogP contribution in [0.15, 0.2) is 24.3 Å². The van der Waals surface area contributed by atoms with Crippen molar-refractivity contribution in [2.45, 2.75) is 24.6 Å². The summed E-state index contributed by atoms with van der Waals surface area (Å²) in [7, 11) is -3.41. The maximum atomic E-state index is 12.0. The van der Waals surface area contributed by atoms with Crippen LogP contribution in [0.3, 0.4) is 0 Å². The van der Waals surface area contributed by atoms with Gasteiger partial charge in [-0.25, -0.2) is 13.1 Å². The van der Waals surface area contributed by atoms with Gasteiger partial charge in [-0.05, 0) is 31.5 Å². The zero-order chi connectivity index (χ0) is 14.6. The van der Waals surface area contributed by atoms with E-state index in [1.165, 1.54) is 24.3 Å².